The Bertz CT molecular complexity index is 809. The molecule has 3 aromatic heterocycles. The monoisotopic (exact) mass is 353 g/mol. The van der Waals surface area contributed by atoms with E-state index >= 15 is 0 Å². The first-order chi connectivity index (χ1) is 9.61. The first kappa shape index (κ1) is 13.5. The topological polar surface area (TPSA) is 68.0 Å². The van der Waals surface area contributed by atoms with Crippen LogP contribution in [0.4, 0.5) is 4.79 Å². The summed E-state index contributed by atoms with van der Waals surface area (Å²) in [5.74, 6) is 0.591. The van der Waals surface area contributed by atoms with Crippen molar-refractivity contribution in [2.75, 3.05) is 0 Å². The second-order valence-corrected chi connectivity index (χ2v) is 6.94. The number of carbonyl (C=O) groups is 1. The fraction of sp³-hybridized carbons (Fsp3) is 0.308. The summed E-state index contributed by atoms with van der Waals surface area (Å²) in [5, 5.41) is 9.42. The minimum Gasteiger partial charge on any atom is -0.464 e. The zero-order valence-electron chi connectivity index (χ0n) is 10.8. The van der Waals surface area contributed by atoms with Crippen molar-refractivity contribution in [1.82, 2.24) is 14.5 Å². The number of unbranched alkanes of at least 4 members (excludes halogenated alkanes) is 1. The van der Waals surface area contributed by atoms with Gasteiger partial charge in [-0.1, -0.05) is 13.3 Å². The second kappa shape index (κ2) is 5.14. The van der Waals surface area contributed by atoms with Gasteiger partial charge in [-0.3, -0.25) is 4.98 Å². The number of nitrogens with zero attached hydrogens (tertiary/aromatic N) is 3. The van der Waals surface area contributed by atoms with E-state index in [1.54, 1.807) is 6.20 Å². The van der Waals surface area contributed by atoms with Gasteiger partial charge in [-0.2, -0.15) is 0 Å². The quantitative estimate of drug-likeness (QED) is 0.762. The average Bonchev–Trinajstić information content (AvgIpc) is 2.94. The summed E-state index contributed by atoms with van der Waals surface area (Å²) in [6.45, 7) is 2.07. The second-order valence-electron chi connectivity index (χ2n) is 4.51. The molecule has 3 aromatic rings. The smallest absolute Gasteiger partial charge is 0.417 e. The molecule has 0 amide bonds. The van der Waals surface area contributed by atoms with E-state index in [1.165, 1.54) is 15.9 Å². The number of thiophene rings is 1. The number of aryl methyl sites for hydroxylation is 1. The van der Waals surface area contributed by atoms with Crippen molar-refractivity contribution in [2.45, 2.75) is 26.2 Å². The lowest BCUT2D eigenvalue weighted by molar-refractivity contribution is 0.196. The van der Waals surface area contributed by atoms with Gasteiger partial charge in [0.05, 0.1) is 25.7 Å². The summed E-state index contributed by atoms with van der Waals surface area (Å²) in [6, 6.07) is 1.92. The first-order valence-electron chi connectivity index (χ1n) is 6.30. The Morgan fingerprint density at radius 1 is 1.55 bits per heavy atom. The molecule has 0 saturated heterocycles. The van der Waals surface area contributed by atoms with Gasteiger partial charge in [0.15, 0.2) is 0 Å². The van der Waals surface area contributed by atoms with Gasteiger partial charge in [0.25, 0.3) is 0 Å². The number of imidazole rings is 1. The molecule has 0 bridgehead atoms. The minimum atomic E-state index is -1.00. The molecular formula is C13H12BrN3O2S. The lowest BCUT2D eigenvalue weighted by atomic mass is 10.2. The van der Waals surface area contributed by atoms with Crippen LogP contribution in [0.15, 0.2) is 16.0 Å². The normalized spacial score (nSPS) is 11.5. The van der Waals surface area contributed by atoms with Gasteiger partial charge in [-0.05, 0) is 28.4 Å². The number of fused-ring (bicyclic) bond motifs is 3. The number of pyridine rings is 1. The Hall–Kier alpha value is -1.47. The Morgan fingerprint density at radius 3 is 3.05 bits per heavy atom. The maximum absolute atomic E-state index is 11.5. The largest absolute Gasteiger partial charge is 0.464 e. The molecule has 0 atom stereocenters. The van der Waals surface area contributed by atoms with E-state index in [2.05, 4.69) is 32.8 Å². The van der Waals surface area contributed by atoms with E-state index in [-0.39, 0.29) is 0 Å². The van der Waals surface area contributed by atoms with Gasteiger partial charge >= 0.3 is 6.09 Å². The zero-order chi connectivity index (χ0) is 14.3. The highest BCUT2D eigenvalue weighted by Gasteiger charge is 2.19. The highest BCUT2D eigenvalue weighted by atomic mass is 79.9. The van der Waals surface area contributed by atoms with Crippen LogP contribution in [-0.2, 0) is 6.42 Å². The number of carboxylic acid groups (broad SMARTS) is 1. The van der Waals surface area contributed by atoms with Gasteiger partial charge in [-0.25, -0.2) is 14.3 Å². The standard InChI is InChI=1S/C13H12BrN3O2S/c1-2-3-4-10-16-11-8(17(10)13(18)19)6-15-7-5-9(14)20-12(7)11/h5-6H,2-4H2,1H3,(H,18,19). The lowest BCUT2D eigenvalue weighted by Gasteiger charge is -2.01. The van der Waals surface area contributed by atoms with Gasteiger partial charge in [0, 0.05) is 6.42 Å². The fourth-order valence-electron chi connectivity index (χ4n) is 2.23. The Kier molecular flexibility index (Phi) is 3.47. The van der Waals surface area contributed by atoms with E-state index in [0.29, 0.717) is 17.8 Å². The molecule has 20 heavy (non-hydrogen) atoms. The van der Waals surface area contributed by atoms with Gasteiger partial charge in [-0.15, -0.1) is 11.3 Å². The molecule has 0 aliphatic carbocycles. The van der Waals surface area contributed by atoms with E-state index in [9.17, 15) is 9.90 Å². The predicted molar refractivity (Wildman–Crippen MR) is 82.6 cm³/mol. The van der Waals surface area contributed by atoms with Crippen molar-refractivity contribution >= 4 is 54.6 Å². The van der Waals surface area contributed by atoms with Crippen molar-refractivity contribution in [1.29, 1.82) is 0 Å². The van der Waals surface area contributed by atoms with Crippen LogP contribution in [0, 0.1) is 0 Å². The van der Waals surface area contributed by atoms with Crippen LogP contribution in [0.3, 0.4) is 0 Å². The van der Waals surface area contributed by atoms with Gasteiger partial charge < -0.3 is 5.11 Å². The summed E-state index contributed by atoms with van der Waals surface area (Å²) in [5.41, 5.74) is 2.12. The minimum absolute atomic E-state index is 0.561. The third-order valence-electron chi connectivity index (χ3n) is 3.15. The number of rotatable bonds is 3. The zero-order valence-corrected chi connectivity index (χ0v) is 13.2. The molecule has 0 aliphatic rings. The average molecular weight is 354 g/mol. The molecule has 3 rings (SSSR count). The molecular weight excluding hydrogens is 342 g/mol. The summed E-state index contributed by atoms with van der Waals surface area (Å²) in [6.07, 6.45) is 3.16. The van der Waals surface area contributed by atoms with Crippen LogP contribution in [0.5, 0.6) is 0 Å². The summed E-state index contributed by atoms with van der Waals surface area (Å²) in [7, 11) is 0. The van der Waals surface area contributed by atoms with Crippen molar-refractivity contribution in [3.63, 3.8) is 0 Å². The molecule has 5 nitrogen and oxygen atoms in total. The molecule has 0 aliphatic heterocycles. The van der Waals surface area contributed by atoms with Crippen molar-refractivity contribution in [2.24, 2.45) is 0 Å². The highest BCUT2D eigenvalue weighted by molar-refractivity contribution is 9.11. The van der Waals surface area contributed by atoms with Crippen LogP contribution in [0.25, 0.3) is 21.3 Å². The fourth-order valence-corrected chi connectivity index (χ4v) is 3.76. The first-order valence-corrected chi connectivity index (χ1v) is 7.91. The number of halogens is 1. The number of aromatic nitrogens is 3. The molecule has 7 heteroatoms. The summed E-state index contributed by atoms with van der Waals surface area (Å²) in [4.78, 5) is 20.4. The van der Waals surface area contributed by atoms with Crippen molar-refractivity contribution < 1.29 is 9.90 Å². The SMILES string of the molecule is CCCCc1nc2c3sc(Br)cc3ncc2n1C(=O)O. The van der Waals surface area contributed by atoms with E-state index < -0.39 is 6.09 Å². The Labute approximate surface area is 127 Å². The lowest BCUT2D eigenvalue weighted by Crippen LogP contribution is -2.12. The van der Waals surface area contributed by atoms with Crippen molar-refractivity contribution in [3.05, 3.63) is 21.9 Å². The maximum Gasteiger partial charge on any atom is 0.417 e. The van der Waals surface area contributed by atoms with Crippen LogP contribution in [-0.4, -0.2) is 25.7 Å². The third-order valence-corrected chi connectivity index (χ3v) is 4.79. The molecule has 3 heterocycles. The molecule has 0 fully saturated rings. The third kappa shape index (κ3) is 2.10. The van der Waals surface area contributed by atoms with Crippen LogP contribution < -0.4 is 0 Å². The van der Waals surface area contributed by atoms with E-state index in [0.717, 1.165) is 32.4 Å². The highest BCUT2D eigenvalue weighted by Crippen LogP contribution is 2.33. The van der Waals surface area contributed by atoms with E-state index in [4.69, 9.17) is 0 Å². The molecule has 104 valence electrons. The molecule has 0 radical (unpaired) electrons. The summed E-state index contributed by atoms with van der Waals surface area (Å²) < 4.78 is 3.14. The Balaban J connectivity index is 2.30. The predicted octanol–water partition coefficient (Wildman–Crippen LogP) is 4.28. The maximum atomic E-state index is 11.5. The Morgan fingerprint density at radius 2 is 2.35 bits per heavy atom. The van der Waals surface area contributed by atoms with Gasteiger partial charge in [0.2, 0.25) is 0 Å². The molecule has 1 N–H and O–H groups in total. The molecule has 0 aromatic carbocycles. The molecule has 0 saturated carbocycles. The van der Waals surface area contributed by atoms with Crippen LogP contribution in [0.1, 0.15) is 25.6 Å². The number of hydrogen-bond acceptors (Lipinski definition) is 4. The summed E-state index contributed by atoms with van der Waals surface area (Å²) >= 11 is 4.96. The molecule has 0 unspecified atom stereocenters. The molecule has 0 spiro atoms. The van der Waals surface area contributed by atoms with Crippen molar-refractivity contribution in [3.8, 4) is 0 Å². The van der Waals surface area contributed by atoms with Crippen LogP contribution in [0.2, 0.25) is 0 Å². The van der Waals surface area contributed by atoms with Crippen LogP contribution >= 0.6 is 27.3 Å². The van der Waals surface area contributed by atoms with E-state index in [1.807, 2.05) is 6.07 Å². The number of hydrogen-bond donors (Lipinski definition) is 1. The van der Waals surface area contributed by atoms with Gasteiger partial charge in [0.1, 0.15) is 11.3 Å².